The van der Waals surface area contributed by atoms with Gasteiger partial charge in [0.05, 0.1) is 18.7 Å². The van der Waals surface area contributed by atoms with Gasteiger partial charge in [-0.05, 0) is 98.1 Å². The molecule has 0 N–H and O–H groups in total. The van der Waals surface area contributed by atoms with E-state index in [1.807, 2.05) is 17.0 Å². The molecule has 4 heterocycles. The van der Waals surface area contributed by atoms with Crippen LogP contribution in [-0.2, 0) is 16.0 Å². The summed E-state index contributed by atoms with van der Waals surface area (Å²) in [7, 11) is 1.37. The normalized spacial score (nSPS) is 26.1. The van der Waals surface area contributed by atoms with E-state index >= 15 is 0 Å². The summed E-state index contributed by atoms with van der Waals surface area (Å²) in [6.07, 6.45) is 5.76. The molecule has 6 heteroatoms. The maximum absolute atomic E-state index is 13.7. The van der Waals surface area contributed by atoms with Gasteiger partial charge in [-0.15, -0.1) is 0 Å². The monoisotopic (exact) mass is 450 g/mol. The number of methoxy groups -OCH3 is 1. The van der Waals surface area contributed by atoms with Gasteiger partial charge in [-0.1, -0.05) is 18.2 Å². The fourth-order valence-electron chi connectivity index (χ4n) is 5.92. The van der Waals surface area contributed by atoms with Crippen molar-refractivity contribution >= 4 is 11.9 Å². The number of piperidine rings is 3. The Morgan fingerprint density at radius 1 is 1.03 bits per heavy atom. The van der Waals surface area contributed by atoms with Gasteiger partial charge in [-0.3, -0.25) is 4.79 Å². The van der Waals surface area contributed by atoms with E-state index in [9.17, 15) is 14.0 Å². The van der Waals surface area contributed by atoms with Crippen LogP contribution in [0.15, 0.2) is 42.5 Å². The van der Waals surface area contributed by atoms with E-state index < -0.39 is 5.97 Å². The Morgan fingerprint density at radius 2 is 1.73 bits per heavy atom. The number of esters is 1. The zero-order valence-corrected chi connectivity index (χ0v) is 19.2. The quantitative estimate of drug-likeness (QED) is 0.636. The SMILES string of the molecule is COC(=O)c1ccc2c(c1)[C@H](c1ccc(F)cc1)N(C(=O)CCC13CCN(CC1)CC3)CC2. The highest BCUT2D eigenvalue weighted by Gasteiger charge is 2.40. The minimum absolute atomic E-state index is 0.140. The number of carbonyl (C=O) groups is 2. The largest absolute Gasteiger partial charge is 0.465 e. The first-order chi connectivity index (χ1) is 16.0. The number of amides is 1. The molecular formula is C27H31FN2O3. The molecule has 0 unspecified atom stereocenters. The fourth-order valence-corrected chi connectivity index (χ4v) is 5.92. The molecule has 33 heavy (non-hydrogen) atoms. The summed E-state index contributed by atoms with van der Waals surface area (Å²) >= 11 is 0. The highest BCUT2D eigenvalue weighted by Crippen LogP contribution is 2.44. The van der Waals surface area contributed by atoms with Crippen LogP contribution in [0.2, 0.25) is 0 Å². The third-order valence-corrected chi connectivity index (χ3v) is 8.05. The number of hydrogen-bond donors (Lipinski definition) is 0. The topological polar surface area (TPSA) is 49.9 Å². The molecule has 4 aliphatic rings. The number of ether oxygens (including phenoxy) is 1. The summed E-state index contributed by atoms with van der Waals surface area (Å²) < 4.78 is 18.6. The van der Waals surface area contributed by atoms with Crippen molar-refractivity contribution in [1.29, 1.82) is 0 Å². The van der Waals surface area contributed by atoms with E-state index in [-0.39, 0.29) is 17.8 Å². The molecule has 174 valence electrons. The van der Waals surface area contributed by atoms with E-state index in [4.69, 9.17) is 4.74 Å². The lowest BCUT2D eigenvalue weighted by atomic mass is 9.69. The number of hydrogen-bond acceptors (Lipinski definition) is 4. The minimum Gasteiger partial charge on any atom is -0.465 e. The van der Waals surface area contributed by atoms with Crippen molar-refractivity contribution in [3.63, 3.8) is 0 Å². The lowest BCUT2D eigenvalue weighted by molar-refractivity contribution is -0.134. The van der Waals surface area contributed by atoms with Crippen LogP contribution in [0.4, 0.5) is 4.39 Å². The maximum atomic E-state index is 13.7. The van der Waals surface area contributed by atoms with Crippen molar-refractivity contribution in [3.8, 4) is 0 Å². The standard InChI is InChI=1S/C27H31FN2O3/c1-33-26(32)21-3-2-19-9-14-30(25(23(19)18-21)20-4-6-22(28)7-5-20)24(31)8-10-27-11-15-29(16-12-27)17-13-27/h2-7,18,25H,8-17H2,1H3/t25-/m0/s1. The van der Waals surface area contributed by atoms with Gasteiger partial charge in [0.1, 0.15) is 5.82 Å². The second kappa shape index (κ2) is 8.90. The number of fused-ring (bicyclic) bond motifs is 4. The number of rotatable bonds is 5. The molecule has 3 saturated heterocycles. The second-order valence-corrected chi connectivity index (χ2v) is 9.79. The molecule has 4 aliphatic heterocycles. The van der Waals surface area contributed by atoms with Gasteiger partial charge in [0.2, 0.25) is 5.91 Å². The van der Waals surface area contributed by atoms with Crippen LogP contribution >= 0.6 is 0 Å². The summed E-state index contributed by atoms with van der Waals surface area (Å²) in [5, 5.41) is 0. The average molecular weight is 451 g/mol. The first-order valence-corrected chi connectivity index (χ1v) is 12.0. The summed E-state index contributed by atoms with van der Waals surface area (Å²) in [6, 6.07) is 11.6. The van der Waals surface area contributed by atoms with Gasteiger partial charge in [0, 0.05) is 13.0 Å². The summed E-state index contributed by atoms with van der Waals surface area (Å²) in [5.74, 6) is -0.568. The first kappa shape index (κ1) is 22.1. The van der Waals surface area contributed by atoms with Crippen molar-refractivity contribution in [1.82, 2.24) is 9.80 Å². The molecule has 0 radical (unpaired) electrons. The fraction of sp³-hybridized carbons (Fsp3) is 0.481. The third-order valence-electron chi connectivity index (χ3n) is 8.05. The van der Waals surface area contributed by atoms with Gasteiger partial charge in [0.25, 0.3) is 0 Å². The van der Waals surface area contributed by atoms with Gasteiger partial charge in [-0.2, -0.15) is 0 Å². The average Bonchev–Trinajstić information content (AvgIpc) is 2.87. The highest BCUT2D eigenvalue weighted by atomic mass is 19.1. The summed E-state index contributed by atoms with van der Waals surface area (Å²) in [4.78, 5) is 30.3. The molecule has 0 spiro atoms. The first-order valence-electron chi connectivity index (χ1n) is 12.0. The molecule has 0 aliphatic carbocycles. The Kier molecular flexibility index (Phi) is 5.95. The van der Waals surface area contributed by atoms with E-state index in [1.165, 1.54) is 38.5 Å². The molecular weight excluding hydrogens is 419 g/mol. The van der Waals surface area contributed by atoms with Crippen molar-refractivity contribution in [2.24, 2.45) is 5.41 Å². The van der Waals surface area contributed by atoms with Gasteiger partial charge < -0.3 is 14.5 Å². The minimum atomic E-state index is -0.401. The van der Waals surface area contributed by atoms with Gasteiger partial charge >= 0.3 is 5.97 Å². The predicted molar refractivity (Wildman–Crippen MR) is 123 cm³/mol. The smallest absolute Gasteiger partial charge is 0.337 e. The molecule has 2 aromatic rings. The second-order valence-electron chi connectivity index (χ2n) is 9.79. The Morgan fingerprint density at radius 3 is 2.39 bits per heavy atom. The molecule has 2 bridgehead atoms. The lowest BCUT2D eigenvalue weighted by Crippen LogP contribution is -2.48. The maximum Gasteiger partial charge on any atom is 0.337 e. The number of nitrogens with zero attached hydrogens (tertiary/aromatic N) is 2. The molecule has 1 atom stereocenters. The highest BCUT2D eigenvalue weighted by molar-refractivity contribution is 5.90. The summed E-state index contributed by atoms with van der Waals surface area (Å²) in [6.45, 7) is 4.07. The van der Waals surface area contributed by atoms with Crippen LogP contribution in [0.25, 0.3) is 0 Å². The van der Waals surface area contributed by atoms with Crippen LogP contribution < -0.4 is 0 Å². The molecule has 2 aromatic carbocycles. The van der Waals surface area contributed by atoms with Crippen LogP contribution in [0, 0.1) is 11.2 Å². The molecule has 6 rings (SSSR count). The van der Waals surface area contributed by atoms with E-state index in [1.54, 1.807) is 18.2 Å². The molecule has 0 saturated carbocycles. The van der Waals surface area contributed by atoms with Gasteiger partial charge in [0.15, 0.2) is 0 Å². The zero-order chi connectivity index (χ0) is 23.0. The number of benzene rings is 2. The van der Waals surface area contributed by atoms with Gasteiger partial charge in [-0.25, -0.2) is 9.18 Å². The molecule has 1 amide bonds. The van der Waals surface area contributed by atoms with Crippen LogP contribution in [-0.4, -0.2) is 55.0 Å². The Bertz CT molecular complexity index is 1030. The van der Waals surface area contributed by atoms with Crippen LogP contribution in [0.3, 0.4) is 0 Å². The van der Waals surface area contributed by atoms with E-state index in [0.717, 1.165) is 49.2 Å². The van der Waals surface area contributed by atoms with E-state index in [0.29, 0.717) is 23.9 Å². The lowest BCUT2D eigenvalue weighted by Gasteiger charge is -2.49. The van der Waals surface area contributed by atoms with Crippen LogP contribution in [0.1, 0.15) is 65.2 Å². The Balaban J connectivity index is 1.44. The Hall–Kier alpha value is -2.73. The summed E-state index contributed by atoms with van der Waals surface area (Å²) in [5.41, 5.74) is 3.66. The van der Waals surface area contributed by atoms with Crippen molar-refractivity contribution < 1.29 is 18.7 Å². The van der Waals surface area contributed by atoms with Crippen LogP contribution in [0.5, 0.6) is 0 Å². The van der Waals surface area contributed by atoms with Crippen molar-refractivity contribution in [2.45, 2.75) is 44.6 Å². The number of halogens is 1. The third kappa shape index (κ3) is 4.29. The molecule has 3 fully saturated rings. The Labute approximate surface area is 194 Å². The predicted octanol–water partition coefficient (Wildman–Crippen LogP) is 4.35. The van der Waals surface area contributed by atoms with Crippen molar-refractivity contribution in [3.05, 3.63) is 70.5 Å². The molecule has 5 nitrogen and oxygen atoms in total. The van der Waals surface area contributed by atoms with E-state index in [2.05, 4.69) is 4.90 Å². The van der Waals surface area contributed by atoms with Crippen molar-refractivity contribution in [2.75, 3.05) is 33.3 Å². The number of carbonyl (C=O) groups excluding carboxylic acids is 2. The zero-order valence-electron chi connectivity index (χ0n) is 19.2. The molecule has 0 aromatic heterocycles.